The summed E-state index contributed by atoms with van der Waals surface area (Å²) in [6, 6.07) is 13.6. The Bertz CT molecular complexity index is 469. The monoisotopic (exact) mass is 334 g/mol. The zero-order valence-electron chi connectivity index (χ0n) is 15.8. The van der Waals surface area contributed by atoms with Crippen molar-refractivity contribution in [2.24, 2.45) is 0 Å². The van der Waals surface area contributed by atoms with Gasteiger partial charge >= 0.3 is 0 Å². The Labute approximate surface area is 143 Å². The lowest BCUT2D eigenvalue weighted by molar-refractivity contribution is -0.133. The quantitative estimate of drug-likeness (QED) is 0.495. The van der Waals surface area contributed by atoms with Crippen LogP contribution >= 0.6 is 0 Å². The van der Waals surface area contributed by atoms with E-state index < -0.39 is 13.9 Å². The second-order valence-electron chi connectivity index (χ2n) is 7.00. The summed E-state index contributed by atoms with van der Waals surface area (Å²) in [6.07, 6.45) is 1.54. The number of Topliss-reactive ketones (excluding diaryl/α,β-unsaturated/α-hetero) is 1. The van der Waals surface area contributed by atoms with Gasteiger partial charge in [0.15, 0.2) is 14.1 Å². The minimum absolute atomic E-state index is 0.237. The van der Waals surface area contributed by atoms with Gasteiger partial charge in [-0.15, -0.1) is 0 Å². The molecule has 1 aromatic carbocycles. The van der Waals surface area contributed by atoms with E-state index in [1.54, 1.807) is 0 Å². The molecule has 0 bridgehead atoms. The van der Waals surface area contributed by atoms with E-state index in [9.17, 15) is 4.79 Å². The van der Waals surface area contributed by atoms with Crippen molar-refractivity contribution in [3.63, 3.8) is 0 Å². The van der Waals surface area contributed by atoms with Crippen molar-refractivity contribution in [3.05, 3.63) is 35.9 Å². The van der Waals surface area contributed by atoms with Crippen LogP contribution in [0.3, 0.4) is 0 Å². The number of carbonyl (C=O) groups is 1. The van der Waals surface area contributed by atoms with Gasteiger partial charge in [-0.05, 0) is 49.9 Å². The van der Waals surface area contributed by atoms with Crippen LogP contribution in [-0.2, 0) is 9.22 Å². The van der Waals surface area contributed by atoms with E-state index in [4.69, 9.17) is 4.43 Å². The molecule has 130 valence electrons. The van der Waals surface area contributed by atoms with Crippen molar-refractivity contribution >= 4 is 14.1 Å². The summed E-state index contributed by atoms with van der Waals surface area (Å²) in [7, 11) is -1.78. The number of rotatable bonds is 10. The Morgan fingerprint density at radius 2 is 1.57 bits per heavy atom. The van der Waals surface area contributed by atoms with Gasteiger partial charge in [0, 0.05) is 6.42 Å². The topological polar surface area (TPSA) is 26.3 Å². The molecule has 0 fully saturated rings. The standard InChI is InChI=1S/C20H34O2Si/c1-7-17(18-14-12-11-13-15-18)16-19(21)20(5,6)22-23(8-2,9-3)10-4/h11-15,17H,7-10,16H2,1-6H3/t17-/m1/s1. The average Bonchev–Trinajstić information content (AvgIpc) is 2.58. The molecule has 3 heteroatoms. The van der Waals surface area contributed by atoms with E-state index in [2.05, 4.69) is 39.8 Å². The fraction of sp³-hybridized carbons (Fsp3) is 0.650. The summed E-state index contributed by atoms with van der Waals surface area (Å²) in [5.74, 6) is 0.521. The van der Waals surface area contributed by atoms with Crippen LogP contribution in [0.5, 0.6) is 0 Å². The molecule has 1 rings (SSSR count). The molecule has 0 aliphatic carbocycles. The van der Waals surface area contributed by atoms with Crippen LogP contribution in [0.4, 0.5) is 0 Å². The third-order valence-electron chi connectivity index (χ3n) is 5.27. The molecule has 0 unspecified atom stereocenters. The highest BCUT2D eigenvalue weighted by Gasteiger charge is 2.39. The van der Waals surface area contributed by atoms with Crippen molar-refractivity contribution < 1.29 is 9.22 Å². The Morgan fingerprint density at radius 3 is 2.00 bits per heavy atom. The Morgan fingerprint density at radius 1 is 1.04 bits per heavy atom. The molecular formula is C20H34O2Si. The fourth-order valence-electron chi connectivity index (χ4n) is 3.26. The summed E-state index contributed by atoms with van der Waals surface area (Å²) in [5, 5.41) is 0. The van der Waals surface area contributed by atoms with Gasteiger partial charge in [-0.3, -0.25) is 4.79 Å². The summed E-state index contributed by atoms with van der Waals surface area (Å²) in [5.41, 5.74) is 0.584. The average molecular weight is 335 g/mol. The van der Waals surface area contributed by atoms with Gasteiger partial charge in [-0.2, -0.15) is 0 Å². The molecule has 0 amide bonds. The predicted molar refractivity (Wildman–Crippen MR) is 101 cm³/mol. The zero-order valence-corrected chi connectivity index (χ0v) is 16.8. The van der Waals surface area contributed by atoms with Gasteiger partial charge < -0.3 is 4.43 Å². The lowest BCUT2D eigenvalue weighted by Crippen LogP contribution is -2.48. The molecule has 0 aromatic heterocycles. The first kappa shape index (κ1) is 20.1. The van der Waals surface area contributed by atoms with E-state index >= 15 is 0 Å². The Kier molecular flexibility index (Phi) is 7.69. The first-order valence-electron chi connectivity index (χ1n) is 9.12. The lowest BCUT2D eigenvalue weighted by Gasteiger charge is -2.37. The normalized spacial score (nSPS) is 13.8. The second-order valence-corrected chi connectivity index (χ2v) is 11.7. The van der Waals surface area contributed by atoms with Crippen molar-refractivity contribution in [2.45, 2.75) is 84.0 Å². The van der Waals surface area contributed by atoms with Crippen molar-refractivity contribution in [1.29, 1.82) is 0 Å². The largest absolute Gasteiger partial charge is 0.405 e. The first-order chi connectivity index (χ1) is 10.8. The van der Waals surface area contributed by atoms with E-state index in [1.165, 1.54) is 5.56 Å². The first-order valence-corrected chi connectivity index (χ1v) is 11.7. The van der Waals surface area contributed by atoms with E-state index in [1.807, 2.05) is 32.0 Å². The Hall–Kier alpha value is -0.933. The van der Waals surface area contributed by atoms with E-state index in [0.29, 0.717) is 6.42 Å². The molecule has 1 aromatic rings. The minimum atomic E-state index is -1.78. The molecule has 0 heterocycles. The van der Waals surface area contributed by atoms with E-state index in [0.717, 1.165) is 24.6 Å². The molecule has 0 radical (unpaired) electrons. The van der Waals surface area contributed by atoms with Gasteiger partial charge in [0.05, 0.1) is 0 Å². The molecule has 1 atom stereocenters. The van der Waals surface area contributed by atoms with Crippen LogP contribution < -0.4 is 0 Å². The summed E-state index contributed by atoms with van der Waals surface area (Å²) < 4.78 is 6.51. The maximum Gasteiger partial charge on any atom is 0.193 e. The molecule has 0 spiro atoms. The third kappa shape index (κ3) is 5.29. The van der Waals surface area contributed by atoms with Crippen LogP contribution in [0.1, 0.15) is 65.9 Å². The van der Waals surface area contributed by atoms with Crippen LogP contribution in [-0.4, -0.2) is 19.7 Å². The smallest absolute Gasteiger partial charge is 0.193 e. The maximum absolute atomic E-state index is 12.9. The highest BCUT2D eigenvalue weighted by molar-refractivity contribution is 6.73. The van der Waals surface area contributed by atoms with Crippen molar-refractivity contribution in [2.75, 3.05) is 0 Å². The highest BCUT2D eigenvalue weighted by atomic mass is 28.4. The molecule has 23 heavy (non-hydrogen) atoms. The maximum atomic E-state index is 12.9. The molecule has 0 saturated carbocycles. The van der Waals surface area contributed by atoms with Crippen LogP contribution in [0, 0.1) is 0 Å². The SMILES string of the molecule is CC[C@H](CC(=O)C(C)(C)O[Si](CC)(CC)CC)c1ccccc1. The molecule has 0 aliphatic rings. The number of hydrogen-bond acceptors (Lipinski definition) is 2. The Balaban J connectivity index is 2.85. The van der Waals surface area contributed by atoms with Crippen molar-refractivity contribution in [1.82, 2.24) is 0 Å². The number of hydrogen-bond donors (Lipinski definition) is 0. The number of ketones is 1. The molecule has 2 nitrogen and oxygen atoms in total. The van der Waals surface area contributed by atoms with Crippen LogP contribution in [0.15, 0.2) is 30.3 Å². The molecular weight excluding hydrogens is 300 g/mol. The zero-order chi connectivity index (χ0) is 17.5. The highest BCUT2D eigenvalue weighted by Crippen LogP contribution is 2.32. The summed E-state index contributed by atoms with van der Waals surface area (Å²) >= 11 is 0. The van der Waals surface area contributed by atoms with Gasteiger partial charge in [-0.1, -0.05) is 58.0 Å². The molecule has 0 aliphatic heterocycles. The van der Waals surface area contributed by atoms with Gasteiger partial charge in [0.2, 0.25) is 0 Å². The van der Waals surface area contributed by atoms with Gasteiger partial charge in [-0.25, -0.2) is 0 Å². The summed E-state index contributed by atoms with van der Waals surface area (Å²) in [6.45, 7) is 12.7. The fourth-order valence-corrected chi connectivity index (χ4v) is 6.39. The van der Waals surface area contributed by atoms with Crippen molar-refractivity contribution in [3.8, 4) is 0 Å². The van der Waals surface area contributed by atoms with Gasteiger partial charge in [0.25, 0.3) is 0 Å². The molecule has 0 saturated heterocycles. The minimum Gasteiger partial charge on any atom is -0.405 e. The van der Waals surface area contributed by atoms with Gasteiger partial charge in [0.1, 0.15) is 5.60 Å². The summed E-state index contributed by atoms with van der Waals surface area (Å²) in [4.78, 5) is 12.9. The van der Waals surface area contributed by atoms with Crippen LogP contribution in [0.2, 0.25) is 18.1 Å². The predicted octanol–water partition coefficient (Wildman–Crippen LogP) is 5.94. The number of carbonyl (C=O) groups excluding carboxylic acids is 1. The number of benzene rings is 1. The third-order valence-corrected chi connectivity index (χ3v) is 10.1. The second kappa shape index (κ2) is 8.79. The van der Waals surface area contributed by atoms with Crippen LogP contribution in [0.25, 0.3) is 0 Å². The molecule has 0 N–H and O–H groups in total. The van der Waals surface area contributed by atoms with E-state index in [-0.39, 0.29) is 11.7 Å². The lowest BCUT2D eigenvalue weighted by atomic mass is 9.87.